The van der Waals surface area contributed by atoms with Crippen molar-refractivity contribution in [3.63, 3.8) is 0 Å². The summed E-state index contributed by atoms with van der Waals surface area (Å²) in [6.45, 7) is 0. The third kappa shape index (κ3) is 3.66. The Morgan fingerprint density at radius 1 is 0.545 bits per heavy atom. The molecule has 116 valence electrons. The highest BCUT2D eigenvalue weighted by Crippen LogP contribution is 2.49. The summed E-state index contributed by atoms with van der Waals surface area (Å²) in [5.41, 5.74) is 0. The first-order valence-electron chi connectivity index (χ1n) is 5.41. The summed E-state index contributed by atoms with van der Waals surface area (Å²) in [5.74, 6) is 0. The number of halogens is 6. The number of thiophene rings is 4. The van der Waals surface area contributed by atoms with Gasteiger partial charge >= 0.3 is 0 Å². The van der Waals surface area contributed by atoms with E-state index < -0.39 is 0 Å². The molecule has 0 spiro atoms. The lowest BCUT2D eigenvalue weighted by molar-refractivity contribution is 1.97. The van der Waals surface area contributed by atoms with Crippen LogP contribution in [0, 0.1) is 0 Å². The molecule has 4 aromatic rings. The van der Waals surface area contributed by atoms with E-state index in [-0.39, 0.29) is 0 Å². The average Bonchev–Trinajstić information content (AvgIpc) is 3.18. The Labute approximate surface area is 193 Å². The summed E-state index contributed by atoms with van der Waals surface area (Å²) in [7, 11) is 0. The van der Waals surface area contributed by atoms with E-state index in [0.717, 1.165) is 16.5 Å². The van der Waals surface area contributed by atoms with Gasteiger partial charge in [0.2, 0.25) is 0 Å². The largest absolute Gasteiger partial charge is 0.140 e. The zero-order chi connectivity index (χ0) is 16.0. The molecule has 0 aliphatic rings. The van der Waals surface area contributed by atoms with Gasteiger partial charge in [-0.05, 0) is 95.6 Å². The van der Waals surface area contributed by atoms with Crippen LogP contribution in [0.4, 0.5) is 0 Å². The minimum Gasteiger partial charge on any atom is -0.140 e. The van der Waals surface area contributed by atoms with Crippen molar-refractivity contribution >= 4 is 160 Å². The average molecular weight is 754 g/mol. The molecule has 0 unspecified atom stereocenters. The van der Waals surface area contributed by atoms with Crippen LogP contribution in [-0.4, -0.2) is 0 Å². The zero-order valence-corrected chi connectivity index (χ0v) is 22.8. The summed E-state index contributed by atoms with van der Waals surface area (Å²) in [4.78, 5) is 0. The molecule has 4 rings (SSSR count). The van der Waals surface area contributed by atoms with E-state index in [4.69, 9.17) is 0 Å². The zero-order valence-electron chi connectivity index (χ0n) is 10.1. The van der Waals surface area contributed by atoms with Crippen LogP contribution < -0.4 is 0 Å². The summed E-state index contributed by atoms with van der Waals surface area (Å²) in [5, 5.41) is 4.23. The molecule has 0 fully saturated rings. The van der Waals surface area contributed by atoms with E-state index in [9.17, 15) is 0 Å². The van der Waals surface area contributed by atoms with Crippen molar-refractivity contribution in [1.82, 2.24) is 0 Å². The van der Waals surface area contributed by atoms with Gasteiger partial charge in [-0.25, -0.2) is 0 Å². The highest BCUT2D eigenvalue weighted by atomic mass is 79.9. The molecule has 4 aromatic heterocycles. The smallest absolute Gasteiger partial charge is 0.0862 e. The van der Waals surface area contributed by atoms with Gasteiger partial charge in [-0.15, -0.1) is 45.3 Å². The van der Waals surface area contributed by atoms with Crippen LogP contribution in [0.25, 0.3) is 18.8 Å². The lowest BCUT2D eigenvalue weighted by Crippen LogP contribution is -1.49. The van der Waals surface area contributed by atoms with Gasteiger partial charge in [-0.1, -0.05) is 0 Å². The van der Waals surface area contributed by atoms with Crippen molar-refractivity contribution in [2.45, 2.75) is 0 Å². The second kappa shape index (κ2) is 7.84. The first-order chi connectivity index (χ1) is 10.4. The lowest BCUT2D eigenvalue weighted by atomic mass is 10.5. The normalized spacial score (nSPS) is 11.2. The van der Waals surface area contributed by atoms with E-state index >= 15 is 0 Å². The van der Waals surface area contributed by atoms with Gasteiger partial charge < -0.3 is 0 Å². The maximum Gasteiger partial charge on any atom is 0.0862 e. The monoisotopic (exact) mass is 747 g/mol. The Morgan fingerprint density at radius 2 is 0.909 bits per heavy atom. The molecule has 10 heteroatoms. The van der Waals surface area contributed by atoms with Crippen LogP contribution in [0.1, 0.15) is 0 Å². The second-order valence-corrected chi connectivity index (χ2v) is 13.6. The van der Waals surface area contributed by atoms with Gasteiger partial charge in [0, 0.05) is 19.7 Å². The predicted molar refractivity (Wildman–Crippen MR) is 126 cm³/mol. The molecule has 0 aliphatic heterocycles. The Morgan fingerprint density at radius 3 is 1.27 bits per heavy atom. The Bertz CT molecular complexity index is 882. The van der Waals surface area contributed by atoms with Crippen LogP contribution in [0.3, 0.4) is 0 Å². The third-order valence-corrected chi connectivity index (χ3v) is 14.7. The van der Waals surface area contributed by atoms with Crippen molar-refractivity contribution in [2.24, 2.45) is 0 Å². The molecule has 0 saturated carbocycles. The van der Waals surface area contributed by atoms with Gasteiger partial charge in [0.1, 0.15) is 0 Å². The minimum atomic E-state index is 1.15. The van der Waals surface area contributed by atoms with E-state index in [2.05, 4.69) is 106 Å². The number of hydrogen-bond donors (Lipinski definition) is 0. The van der Waals surface area contributed by atoms with E-state index in [1.807, 2.05) is 0 Å². The molecule has 0 bridgehead atoms. The van der Waals surface area contributed by atoms with Crippen LogP contribution >= 0.6 is 141 Å². The van der Waals surface area contributed by atoms with Gasteiger partial charge in [0.15, 0.2) is 0 Å². The summed E-state index contributed by atoms with van der Waals surface area (Å²) in [6, 6.07) is 0. The lowest BCUT2D eigenvalue weighted by Gasteiger charge is -1.82. The third-order valence-electron chi connectivity index (χ3n) is 2.53. The Hall–Kier alpha value is 2.20. The first kappa shape index (κ1) is 19.0. The molecule has 0 aromatic carbocycles. The highest BCUT2D eigenvalue weighted by molar-refractivity contribution is 9.14. The SMILES string of the molecule is Brc1csc2c(Br)csc12.Brc1sc2c(Br)c(Br)sc2c1Br. The van der Waals surface area contributed by atoms with Gasteiger partial charge in [0.05, 0.1) is 35.3 Å². The molecule has 0 aliphatic carbocycles. The van der Waals surface area contributed by atoms with Crippen LogP contribution in [0.5, 0.6) is 0 Å². The standard InChI is InChI=1S/C6Br4S2.C6H2Br2S2/c7-1-3-4(12-5(1)9)2(8)6(10)11-3;7-3-1-9-6-4(8)2-10-5(3)6/h;1-2H. The maximum absolute atomic E-state index is 3.53. The van der Waals surface area contributed by atoms with Crippen molar-refractivity contribution in [2.75, 3.05) is 0 Å². The van der Waals surface area contributed by atoms with Gasteiger partial charge in [-0.3, -0.25) is 0 Å². The molecule has 0 N–H and O–H groups in total. The molecule has 0 nitrogen and oxygen atoms in total. The van der Waals surface area contributed by atoms with Crippen molar-refractivity contribution in [1.29, 1.82) is 0 Å². The topological polar surface area (TPSA) is 0 Å². The fourth-order valence-electron chi connectivity index (χ4n) is 1.59. The maximum atomic E-state index is 3.53. The van der Waals surface area contributed by atoms with Gasteiger partial charge in [0.25, 0.3) is 0 Å². The molecule has 4 heterocycles. The Kier molecular flexibility index (Phi) is 6.76. The number of rotatable bonds is 0. The van der Waals surface area contributed by atoms with E-state index in [1.54, 1.807) is 45.3 Å². The van der Waals surface area contributed by atoms with E-state index in [1.165, 1.54) is 27.7 Å². The highest BCUT2D eigenvalue weighted by Gasteiger charge is 2.15. The summed E-state index contributed by atoms with van der Waals surface area (Å²) in [6.07, 6.45) is 0. The number of fused-ring (bicyclic) bond motifs is 2. The predicted octanol–water partition coefficient (Wildman–Crippen LogP) is 10.5. The molecule has 0 saturated heterocycles. The quantitative estimate of drug-likeness (QED) is 0.168. The van der Waals surface area contributed by atoms with Crippen molar-refractivity contribution in [3.8, 4) is 0 Å². The van der Waals surface area contributed by atoms with Crippen molar-refractivity contribution in [3.05, 3.63) is 36.2 Å². The second-order valence-electron chi connectivity index (χ2n) is 3.86. The fraction of sp³-hybridized carbons (Fsp3) is 0. The summed E-state index contributed by atoms with van der Waals surface area (Å²) >= 11 is 28.0. The van der Waals surface area contributed by atoms with Crippen LogP contribution in [-0.2, 0) is 0 Å². The first-order valence-corrected chi connectivity index (χ1v) is 13.6. The molecule has 0 radical (unpaired) electrons. The molecule has 0 atom stereocenters. The van der Waals surface area contributed by atoms with Gasteiger partial charge in [-0.2, -0.15) is 0 Å². The molecule has 0 amide bonds. The molecular weight excluding hydrogens is 752 g/mol. The molecule has 22 heavy (non-hydrogen) atoms. The van der Waals surface area contributed by atoms with Crippen molar-refractivity contribution < 1.29 is 0 Å². The fourth-order valence-corrected chi connectivity index (χ4v) is 10.4. The van der Waals surface area contributed by atoms with Crippen LogP contribution in [0.2, 0.25) is 0 Å². The Balaban J connectivity index is 0.000000133. The number of hydrogen-bond acceptors (Lipinski definition) is 4. The minimum absolute atomic E-state index is 1.15. The molecular formula is C12H2Br6S4. The van der Waals surface area contributed by atoms with Crippen LogP contribution in [0.15, 0.2) is 36.2 Å². The summed E-state index contributed by atoms with van der Waals surface area (Å²) < 4.78 is 12.3. The van der Waals surface area contributed by atoms with E-state index in [0.29, 0.717) is 0 Å².